The van der Waals surface area contributed by atoms with Crippen molar-refractivity contribution in [1.29, 1.82) is 0 Å². The van der Waals surface area contributed by atoms with Gasteiger partial charge in [-0.15, -0.1) is 11.8 Å². The molecular weight excluding hydrogens is 392 g/mol. The van der Waals surface area contributed by atoms with Crippen LogP contribution < -0.4 is 5.32 Å². The van der Waals surface area contributed by atoms with Crippen LogP contribution in [0.2, 0.25) is 5.02 Å². The Balaban J connectivity index is 1.36. The van der Waals surface area contributed by atoms with Crippen molar-refractivity contribution in [2.45, 2.75) is 42.9 Å². The van der Waals surface area contributed by atoms with Gasteiger partial charge < -0.3 is 10.2 Å². The normalized spacial score (nSPS) is 14.3. The Kier molecular flexibility index (Phi) is 7.40. The Morgan fingerprint density at radius 1 is 1.14 bits per heavy atom. The Labute approximate surface area is 175 Å². The molecule has 0 spiro atoms. The van der Waals surface area contributed by atoms with E-state index in [0.29, 0.717) is 31.0 Å². The average molecular weight is 417 g/mol. The lowest BCUT2D eigenvalue weighted by Crippen LogP contribution is -2.36. The maximum Gasteiger partial charge on any atom is 0.233 e. The molecule has 6 heteroatoms. The number of hydrogen-bond donors (Lipinski definition) is 1. The topological polar surface area (TPSA) is 49.4 Å². The third kappa shape index (κ3) is 5.76. The number of carbonyl (C=O) groups is 2. The lowest BCUT2D eigenvalue weighted by molar-refractivity contribution is -0.132. The minimum absolute atomic E-state index is 0.0145. The van der Waals surface area contributed by atoms with E-state index in [4.69, 9.17) is 11.6 Å². The fourth-order valence-electron chi connectivity index (χ4n) is 3.23. The van der Waals surface area contributed by atoms with Crippen molar-refractivity contribution in [2.75, 3.05) is 13.1 Å². The average Bonchev–Trinajstić information content (AvgIpc) is 2.72. The molecule has 3 rings (SSSR count). The van der Waals surface area contributed by atoms with E-state index in [0.717, 1.165) is 17.9 Å². The van der Waals surface area contributed by atoms with E-state index in [1.807, 2.05) is 48.2 Å². The summed E-state index contributed by atoms with van der Waals surface area (Å²) in [4.78, 5) is 27.6. The number of thioether (sulfide) groups is 1. The summed E-state index contributed by atoms with van der Waals surface area (Å²) in [5.74, 6) is 0.145. The van der Waals surface area contributed by atoms with Gasteiger partial charge in [-0.1, -0.05) is 35.9 Å². The SMILES string of the molecule is CC(Sc1ccc(Cl)cc1)C(=O)NCCCC(=O)N1CCc2ccccc2C1. The summed E-state index contributed by atoms with van der Waals surface area (Å²) in [5, 5.41) is 3.42. The van der Waals surface area contributed by atoms with E-state index in [9.17, 15) is 9.59 Å². The van der Waals surface area contributed by atoms with Crippen LogP contribution in [-0.2, 0) is 22.6 Å². The van der Waals surface area contributed by atoms with Gasteiger partial charge in [0.05, 0.1) is 5.25 Å². The molecule has 0 aromatic heterocycles. The van der Waals surface area contributed by atoms with Gasteiger partial charge in [-0.05, 0) is 55.2 Å². The van der Waals surface area contributed by atoms with E-state index >= 15 is 0 Å². The standard InChI is InChI=1S/C22H25ClN2O2S/c1-16(28-20-10-8-19(23)9-11-20)22(27)24-13-4-7-21(26)25-14-12-17-5-2-3-6-18(17)15-25/h2-3,5-6,8-11,16H,4,7,12-15H2,1H3,(H,24,27). The minimum Gasteiger partial charge on any atom is -0.355 e. The van der Waals surface area contributed by atoms with Crippen LogP contribution in [0.5, 0.6) is 0 Å². The second-order valence-corrected chi connectivity index (χ2v) is 8.79. The summed E-state index contributed by atoms with van der Waals surface area (Å²) in [6.07, 6.45) is 2.03. The molecule has 0 bridgehead atoms. The number of fused-ring (bicyclic) bond motifs is 1. The van der Waals surface area contributed by atoms with Crippen molar-refractivity contribution >= 4 is 35.2 Å². The third-order valence-electron chi connectivity index (χ3n) is 4.85. The molecule has 1 aliphatic rings. The number of amides is 2. The molecular formula is C22H25ClN2O2S. The van der Waals surface area contributed by atoms with Crippen LogP contribution in [0.25, 0.3) is 0 Å². The summed E-state index contributed by atoms with van der Waals surface area (Å²) < 4.78 is 0. The maximum absolute atomic E-state index is 12.5. The van der Waals surface area contributed by atoms with Crippen molar-refractivity contribution in [3.8, 4) is 0 Å². The van der Waals surface area contributed by atoms with Crippen LogP contribution in [0.1, 0.15) is 30.9 Å². The summed E-state index contributed by atoms with van der Waals surface area (Å²) in [6, 6.07) is 15.7. The number of rotatable bonds is 7. The highest BCUT2D eigenvalue weighted by atomic mass is 35.5. The quantitative estimate of drug-likeness (QED) is 0.540. The number of carbonyl (C=O) groups excluding carboxylic acids is 2. The first-order chi connectivity index (χ1) is 13.5. The smallest absolute Gasteiger partial charge is 0.233 e. The van der Waals surface area contributed by atoms with Crippen LogP contribution in [0.15, 0.2) is 53.4 Å². The largest absolute Gasteiger partial charge is 0.355 e. The zero-order valence-electron chi connectivity index (χ0n) is 16.0. The number of benzene rings is 2. The van der Waals surface area contributed by atoms with Crippen molar-refractivity contribution in [2.24, 2.45) is 0 Å². The van der Waals surface area contributed by atoms with E-state index in [1.165, 1.54) is 22.9 Å². The summed E-state index contributed by atoms with van der Waals surface area (Å²) in [7, 11) is 0. The highest BCUT2D eigenvalue weighted by molar-refractivity contribution is 8.00. The van der Waals surface area contributed by atoms with Crippen molar-refractivity contribution < 1.29 is 9.59 Å². The van der Waals surface area contributed by atoms with Gasteiger partial charge in [-0.2, -0.15) is 0 Å². The highest BCUT2D eigenvalue weighted by Crippen LogP contribution is 2.24. The number of nitrogens with zero attached hydrogens (tertiary/aromatic N) is 1. The summed E-state index contributed by atoms with van der Waals surface area (Å²) in [5.41, 5.74) is 2.58. The summed E-state index contributed by atoms with van der Waals surface area (Å²) in [6.45, 7) is 3.86. The summed E-state index contributed by atoms with van der Waals surface area (Å²) >= 11 is 7.38. The van der Waals surface area contributed by atoms with Crippen LogP contribution in [0, 0.1) is 0 Å². The molecule has 28 heavy (non-hydrogen) atoms. The van der Waals surface area contributed by atoms with Gasteiger partial charge in [0.2, 0.25) is 11.8 Å². The van der Waals surface area contributed by atoms with E-state index in [1.54, 1.807) is 0 Å². The van der Waals surface area contributed by atoms with E-state index in [2.05, 4.69) is 17.4 Å². The number of halogens is 1. The molecule has 0 radical (unpaired) electrons. The second-order valence-electron chi connectivity index (χ2n) is 6.94. The molecule has 2 aromatic carbocycles. The molecule has 2 aromatic rings. The monoisotopic (exact) mass is 416 g/mol. The van der Waals surface area contributed by atoms with Gasteiger partial charge in [-0.25, -0.2) is 0 Å². The minimum atomic E-state index is -0.199. The molecule has 148 valence electrons. The molecule has 0 saturated carbocycles. The second kappa shape index (κ2) is 9.99. The van der Waals surface area contributed by atoms with E-state index < -0.39 is 0 Å². The Hall–Kier alpha value is -1.98. The molecule has 1 aliphatic heterocycles. The van der Waals surface area contributed by atoms with Crippen molar-refractivity contribution in [3.63, 3.8) is 0 Å². The van der Waals surface area contributed by atoms with Crippen molar-refractivity contribution in [3.05, 3.63) is 64.7 Å². The highest BCUT2D eigenvalue weighted by Gasteiger charge is 2.20. The van der Waals surface area contributed by atoms with Crippen LogP contribution in [0.4, 0.5) is 0 Å². The van der Waals surface area contributed by atoms with Crippen molar-refractivity contribution in [1.82, 2.24) is 10.2 Å². The van der Waals surface area contributed by atoms with Crippen LogP contribution in [0.3, 0.4) is 0 Å². The zero-order valence-corrected chi connectivity index (χ0v) is 17.6. The molecule has 1 heterocycles. The Morgan fingerprint density at radius 3 is 2.61 bits per heavy atom. The van der Waals surface area contributed by atoms with Crippen LogP contribution >= 0.6 is 23.4 Å². The van der Waals surface area contributed by atoms with Gasteiger partial charge >= 0.3 is 0 Å². The first-order valence-corrected chi connectivity index (χ1v) is 10.8. The fraction of sp³-hybridized carbons (Fsp3) is 0.364. The van der Waals surface area contributed by atoms with E-state index in [-0.39, 0.29) is 17.1 Å². The molecule has 0 saturated heterocycles. The Bertz CT molecular complexity index is 826. The first kappa shape index (κ1) is 20.7. The van der Waals surface area contributed by atoms with Crippen LogP contribution in [-0.4, -0.2) is 35.1 Å². The predicted molar refractivity (Wildman–Crippen MR) is 115 cm³/mol. The van der Waals surface area contributed by atoms with Gasteiger partial charge in [-0.3, -0.25) is 9.59 Å². The Morgan fingerprint density at radius 2 is 1.86 bits per heavy atom. The molecule has 4 nitrogen and oxygen atoms in total. The third-order valence-corrected chi connectivity index (χ3v) is 6.21. The molecule has 2 amide bonds. The van der Waals surface area contributed by atoms with Gasteiger partial charge in [0.25, 0.3) is 0 Å². The molecule has 1 N–H and O–H groups in total. The predicted octanol–water partition coefficient (Wildman–Crippen LogP) is 4.30. The maximum atomic E-state index is 12.5. The fourth-order valence-corrected chi connectivity index (χ4v) is 4.25. The van der Waals surface area contributed by atoms with Gasteiger partial charge in [0.1, 0.15) is 0 Å². The molecule has 1 unspecified atom stereocenters. The number of nitrogens with one attached hydrogen (secondary N) is 1. The molecule has 0 aliphatic carbocycles. The zero-order chi connectivity index (χ0) is 19.9. The molecule has 1 atom stereocenters. The first-order valence-electron chi connectivity index (χ1n) is 9.57. The lowest BCUT2D eigenvalue weighted by Gasteiger charge is -2.29. The molecule has 0 fully saturated rings. The van der Waals surface area contributed by atoms with Gasteiger partial charge in [0.15, 0.2) is 0 Å². The van der Waals surface area contributed by atoms with Gasteiger partial charge in [0, 0.05) is 36.0 Å². The lowest BCUT2D eigenvalue weighted by atomic mass is 9.99. The number of hydrogen-bond acceptors (Lipinski definition) is 3.